The van der Waals surface area contributed by atoms with Crippen LogP contribution in [-0.2, 0) is 7.05 Å². The zero-order valence-corrected chi connectivity index (χ0v) is 13.9. The van der Waals surface area contributed by atoms with Crippen LogP contribution in [0.4, 0.5) is 5.69 Å². The molecule has 0 fully saturated rings. The lowest BCUT2D eigenvalue weighted by Crippen LogP contribution is -2.36. The predicted molar refractivity (Wildman–Crippen MR) is 93.7 cm³/mol. The number of carbonyl (C=O) groups excluding carboxylic acids is 1. The highest BCUT2D eigenvalue weighted by atomic mass is 16.2. The van der Waals surface area contributed by atoms with Crippen molar-refractivity contribution in [1.29, 1.82) is 0 Å². The van der Waals surface area contributed by atoms with Crippen molar-refractivity contribution >= 4 is 22.5 Å². The van der Waals surface area contributed by atoms with Gasteiger partial charge in [-0.3, -0.25) is 9.59 Å². The highest BCUT2D eigenvalue weighted by molar-refractivity contribution is 6.00. The van der Waals surface area contributed by atoms with Gasteiger partial charge in [0.05, 0.1) is 10.9 Å². The van der Waals surface area contributed by atoms with Crippen LogP contribution in [0.5, 0.6) is 0 Å². The van der Waals surface area contributed by atoms with E-state index >= 15 is 0 Å². The molecular weight excluding hydrogens is 292 g/mol. The summed E-state index contributed by atoms with van der Waals surface area (Å²) in [4.78, 5) is 27.1. The summed E-state index contributed by atoms with van der Waals surface area (Å²) < 4.78 is 1.76. The first-order valence-electron chi connectivity index (χ1n) is 7.88. The Kier molecular flexibility index (Phi) is 5.39. The molecule has 0 unspecified atom stereocenters. The van der Waals surface area contributed by atoms with Crippen LogP contribution < -0.4 is 16.5 Å². The molecule has 0 atom stereocenters. The summed E-state index contributed by atoms with van der Waals surface area (Å²) in [5.74, 6) is -0.358. The van der Waals surface area contributed by atoms with Crippen LogP contribution in [0, 0.1) is 0 Å². The molecule has 0 bridgehead atoms. The number of fused-ring (bicyclic) bond motifs is 1. The molecule has 0 radical (unpaired) electrons. The van der Waals surface area contributed by atoms with E-state index in [-0.39, 0.29) is 16.9 Å². The Labute approximate surface area is 135 Å². The number of nitrogens with one attached hydrogen (secondary N) is 1. The quantitative estimate of drug-likeness (QED) is 0.785. The van der Waals surface area contributed by atoms with Gasteiger partial charge in [-0.1, -0.05) is 19.9 Å². The number of aromatic nitrogens is 1. The number of nitrogens with two attached hydrogens (primary N) is 1. The van der Waals surface area contributed by atoms with Crippen molar-refractivity contribution in [3.63, 3.8) is 0 Å². The molecule has 0 saturated heterocycles. The minimum atomic E-state index is -0.358. The monoisotopic (exact) mass is 316 g/mol. The average Bonchev–Trinajstić information content (AvgIpc) is 2.54. The fourth-order valence-corrected chi connectivity index (χ4v) is 2.68. The molecule has 1 amide bonds. The summed E-state index contributed by atoms with van der Waals surface area (Å²) in [6.07, 6.45) is 1.57. The smallest absolute Gasteiger partial charge is 0.256 e. The summed E-state index contributed by atoms with van der Waals surface area (Å²) in [5, 5.41) is 3.21. The number of likely N-dealkylation sites (N-methyl/N-ethyl adjacent to an activating group) is 1. The number of hydrogen-bond acceptors (Lipinski definition) is 4. The van der Waals surface area contributed by atoms with Gasteiger partial charge in [0.2, 0.25) is 5.43 Å². The predicted octanol–water partition coefficient (Wildman–Crippen LogP) is 1.19. The third-order valence-corrected chi connectivity index (χ3v) is 4.10. The standard InChI is InChI=1S/C17H24N4O2/c1-4-21(5-2)10-9-19-17(23)12-11-20(3)14-8-6-7-13(18)15(14)16(12)22/h6-8,11H,4-5,9-10,18H2,1-3H3,(H,19,23). The number of carbonyl (C=O) groups is 1. The zero-order chi connectivity index (χ0) is 17.0. The summed E-state index contributed by atoms with van der Waals surface area (Å²) in [7, 11) is 1.80. The molecule has 3 N–H and O–H groups in total. The largest absolute Gasteiger partial charge is 0.398 e. The third-order valence-electron chi connectivity index (χ3n) is 4.10. The van der Waals surface area contributed by atoms with Crippen LogP contribution in [0.25, 0.3) is 10.9 Å². The van der Waals surface area contributed by atoms with Crippen molar-refractivity contribution in [3.8, 4) is 0 Å². The van der Waals surface area contributed by atoms with Crippen molar-refractivity contribution in [2.45, 2.75) is 13.8 Å². The van der Waals surface area contributed by atoms with Crippen LogP contribution in [0.15, 0.2) is 29.2 Å². The molecule has 0 aliphatic carbocycles. The highest BCUT2D eigenvalue weighted by Gasteiger charge is 2.15. The molecule has 6 nitrogen and oxygen atoms in total. The summed E-state index contributed by atoms with van der Waals surface area (Å²) in [5.41, 5.74) is 6.83. The Morgan fingerprint density at radius 2 is 2.00 bits per heavy atom. The van der Waals surface area contributed by atoms with Crippen LogP contribution in [0.1, 0.15) is 24.2 Å². The number of nitrogen functional groups attached to an aromatic ring is 1. The SMILES string of the molecule is CCN(CC)CCNC(=O)c1cn(C)c2cccc(N)c2c1=O. The van der Waals surface area contributed by atoms with E-state index in [1.54, 1.807) is 29.9 Å². The molecule has 1 aromatic heterocycles. The van der Waals surface area contributed by atoms with E-state index in [1.807, 2.05) is 6.07 Å². The Hall–Kier alpha value is -2.34. The molecule has 124 valence electrons. The van der Waals surface area contributed by atoms with Crippen LogP contribution in [0.2, 0.25) is 0 Å². The molecule has 0 aliphatic rings. The molecule has 2 aromatic rings. The van der Waals surface area contributed by atoms with E-state index in [4.69, 9.17) is 5.73 Å². The first-order valence-corrected chi connectivity index (χ1v) is 7.88. The lowest BCUT2D eigenvalue weighted by Gasteiger charge is -2.18. The third kappa shape index (κ3) is 3.53. The second-order valence-electron chi connectivity index (χ2n) is 5.51. The maximum absolute atomic E-state index is 12.6. The molecule has 23 heavy (non-hydrogen) atoms. The van der Waals surface area contributed by atoms with E-state index in [1.165, 1.54) is 0 Å². The second kappa shape index (κ2) is 7.28. The van der Waals surface area contributed by atoms with Gasteiger partial charge < -0.3 is 20.5 Å². The number of nitrogens with zero attached hydrogens (tertiary/aromatic N) is 2. The first kappa shape index (κ1) is 17.0. The number of amides is 1. The fraction of sp³-hybridized carbons (Fsp3) is 0.412. The zero-order valence-electron chi connectivity index (χ0n) is 13.9. The minimum absolute atomic E-state index is 0.123. The molecule has 1 aromatic carbocycles. The van der Waals surface area contributed by atoms with E-state index in [2.05, 4.69) is 24.1 Å². The molecule has 6 heteroatoms. The first-order chi connectivity index (χ1) is 11.0. The number of hydrogen-bond donors (Lipinski definition) is 2. The van der Waals surface area contributed by atoms with Gasteiger partial charge in [-0.2, -0.15) is 0 Å². The van der Waals surface area contributed by atoms with Gasteiger partial charge in [0, 0.05) is 32.0 Å². The molecule has 0 saturated carbocycles. The molecule has 0 aliphatic heterocycles. The molecule has 0 spiro atoms. The van der Waals surface area contributed by atoms with Crippen LogP contribution in [0.3, 0.4) is 0 Å². The fourth-order valence-electron chi connectivity index (χ4n) is 2.68. The summed E-state index contributed by atoms with van der Waals surface area (Å²) >= 11 is 0. The second-order valence-corrected chi connectivity index (χ2v) is 5.51. The van der Waals surface area contributed by atoms with E-state index < -0.39 is 0 Å². The van der Waals surface area contributed by atoms with Gasteiger partial charge in [0.1, 0.15) is 5.56 Å². The number of benzene rings is 1. The van der Waals surface area contributed by atoms with E-state index in [0.29, 0.717) is 17.6 Å². The van der Waals surface area contributed by atoms with E-state index in [0.717, 1.165) is 25.2 Å². The number of rotatable bonds is 6. The van der Waals surface area contributed by atoms with Gasteiger partial charge >= 0.3 is 0 Å². The number of anilines is 1. The molecule has 1 heterocycles. The van der Waals surface area contributed by atoms with Crippen LogP contribution >= 0.6 is 0 Å². The van der Waals surface area contributed by atoms with Crippen LogP contribution in [-0.4, -0.2) is 41.6 Å². The Morgan fingerprint density at radius 3 is 2.65 bits per heavy atom. The van der Waals surface area contributed by atoms with Crippen molar-refractivity contribution < 1.29 is 4.79 Å². The van der Waals surface area contributed by atoms with Gasteiger partial charge in [-0.25, -0.2) is 0 Å². The molecular formula is C17H24N4O2. The van der Waals surface area contributed by atoms with Gasteiger partial charge in [-0.05, 0) is 25.2 Å². The average molecular weight is 316 g/mol. The Balaban J connectivity index is 2.26. The number of aryl methyl sites for hydroxylation is 1. The van der Waals surface area contributed by atoms with Crippen molar-refractivity contribution in [1.82, 2.24) is 14.8 Å². The Bertz CT molecular complexity index is 763. The van der Waals surface area contributed by atoms with Gasteiger partial charge in [0.25, 0.3) is 5.91 Å². The van der Waals surface area contributed by atoms with Gasteiger partial charge in [0.15, 0.2) is 0 Å². The highest BCUT2D eigenvalue weighted by Crippen LogP contribution is 2.17. The van der Waals surface area contributed by atoms with Crippen molar-refractivity contribution in [2.75, 3.05) is 31.9 Å². The number of pyridine rings is 1. The maximum atomic E-state index is 12.6. The lowest BCUT2D eigenvalue weighted by atomic mass is 10.1. The normalized spacial score (nSPS) is 11.1. The lowest BCUT2D eigenvalue weighted by molar-refractivity contribution is 0.0947. The Morgan fingerprint density at radius 1 is 1.30 bits per heavy atom. The van der Waals surface area contributed by atoms with Gasteiger partial charge in [-0.15, -0.1) is 0 Å². The van der Waals surface area contributed by atoms with E-state index in [9.17, 15) is 9.59 Å². The minimum Gasteiger partial charge on any atom is -0.398 e. The molecule has 2 rings (SSSR count). The van der Waals surface area contributed by atoms with Crippen molar-refractivity contribution in [2.24, 2.45) is 7.05 Å². The van der Waals surface area contributed by atoms with Crippen molar-refractivity contribution in [3.05, 3.63) is 40.2 Å². The summed E-state index contributed by atoms with van der Waals surface area (Å²) in [6.45, 7) is 7.28. The maximum Gasteiger partial charge on any atom is 0.256 e. The summed E-state index contributed by atoms with van der Waals surface area (Å²) in [6, 6.07) is 5.28. The topological polar surface area (TPSA) is 80.4 Å².